The zero-order chi connectivity index (χ0) is 14.9. The number of anilines is 1. The van der Waals surface area contributed by atoms with E-state index in [1.54, 1.807) is 24.3 Å². The molecule has 0 saturated carbocycles. The smallest absolute Gasteiger partial charge is 0.263 e. The summed E-state index contributed by atoms with van der Waals surface area (Å²) in [7, 11) is -3.62. The van der Waals surface area contributed by atoms with Gasteiger partial charge in [-0.2, -0.15) is 0 Å². The molecule has 1 N–H and O–H groups in total. The largest absolute Gasteiger partial charge is 0.263 e. The first-order valence-electron chi connectivity index (χ1n) is 6.02. The second-order valence-corrected chi connectivity index (χ2v) is 7.22. The molecule has 1 heterocycles. The van der Waals surface area contributed by atoms with Crippen LogP contribution in [0, 0.1) is 20.8 Å². The molecule has 0 aliphatic heterocycles. The lowest BCUT2D eigenvalue weighted by molar-refractivity contribution is 0.601. The number of nitrogens with zero attached hydrogens (tertiary/aromatic N) is 1. The highest BCUT2D eigenvalue weighted by Gasteiger charge is 2.16. The Kier molecular flexibility index (Phi) is 4.15. The summed E-state index contributed by atoms with van der Waals surface area (Å²) in [5.41, 5.74) is 2.60. The average molecular weight is 355 g/mol. The molecule has 0 atom stereocenters. The van der Waals surface area contributed by atoms with Crippen LogP contribution in [0.15, 0.2) is 39.7 Å². The van der Waals surface area contributed by atoms with Crippen LogP contribution in [0.1, 0.15) is 16.8 Å². The number of hydrogen-bond donors (Lipinski definition) is 1. The molecule has 2 aromatic rings. The SMILES string of the molecule is Cc1cc(C)nc(NS(=O)(=O)c2ccc(Br)c(C)c2)c1. The number of aromatic nitrogens is 1. The Morgan fingerprint density at radius 2 is 1.80 bits per heavy atom. The van der Waals surface area contributed by atoms with Crippen molar-refractivity contribution in [2.24, 2.45) is 0 Å². The van der Waals surface area contributed by atoms with Crippen molar-refractivity contribution in [3.05, 3.63) is 51.6 Å². The first-order chi connectivity index (χ1) is 9.28. The molecule has 0 fully saturated rings. The normalized spacial score (nSPS) is 11.4. The highest BCUT2D eigenvalue weighted by Crippen LogP contribution is 2.22. The number of nitrogens with one attached hydrogen (secondary N) is 1. The fraction of sp³-hybridized carbons (Fsp3) is 0.214. The van der Waals surface area contributed by atoms with Crippen LogP contribution < -0.4 is 4.72 Å². The van der Waals surface area contributed by atoms with Crippen molar-refractivity contribution in [2.75, 3.05) is 4.72 Å². The summed E-state index contributed by atoms with van der Waals surface area (Å²) in [6.45, 7) is 5.57. The van der Waals surface area contributed by atoms with Gasteiger partial charge in [-0.3, -0.25) is 4.72 Å². The average Bonchev–Trinajstić information content (AvgIpc) is 2.30. The van der Waals surface area contributed by atoms with E-state index >= 15 is 0 Å². The summed E-state index contributed by atoms with van der Waals surface area (Å²) in [5.74, 6) is 0.336. The summed E-state index contributed by atoms with van der Waals surface area (Å²) < 4.78 is 28.0. The molecule has 4 nitrogen and oxygen atoms in total. The van der Waals surface area contributed by atoms with Crippen LogP contribution in [0.5, 0.6) is 0 Å². The van der Waals surface area contributed by atoms with Gasteiger partial charge in [0.05, 0.1) is 4.90 Å². The molecule has 2 rings (SSSR count). The molecule has 0 radical (unpaired) electrons. The van der Waals surface area contributed by atoms with Crippen LogP contribution in [0.3, 0.4) is 0 Å². The van der Waals surface area contributed by atoms with Gasteiger partial charge >= 0.3 is 0 Å². The predicted molar refractivity (Wildman–Crippen MR) is 83.4 cm³/mol. The lowest BCUT2D eigenvalue weighted by Gasteiger charge is -2.10. The summed E-state index contributed by atoms with van der Waals surface area (Å²) in [4.78, 5) is 4.41. The number of halogens is 1. The van der Waals surface area contributed by atoms with E-state index in [4.69, 9.17) is 0 Å². The molecule has 0 aliphatic carbocycles. The van der Waals surface area contributed by atoms with E-state index in [0.717, 1.165) is 21.3 Å². The summed E-state index contributed by atoms with van der Waals surface area (Å²) in [6, 6.07) is 8.49. The van der Waals surface area contributed by atoms with Crippen molar-refractivity contribution in [2.45, 2.75) is 25.7 Å². The first kappa shape index (κ1) is 15.0. The lowest BCUT2D eigenvalue weighted by atomic mass is 10.2. The van der Waals surface area contributed by atoms with Crippen LogP contribution in [-0.4, -0.2) is 13.4 Å². The van der Waals surface area contributed by atoms with Gasteiger partial charge in [-0.25, -0.2) is 13.4 Å². The summed E-state index contributed by atoms with van der Waals surface area (Å²) >= 11 is 3.35. The Hall–Kier alpha value is -1.40. The third-order valence-corrected chi connectivity index (χ3v) is 5.02. The Balaban J connectivity index is 2.37. The molecule has 0 saturated heterocycles. The van der Waals surface area contributed by atoms with E-state index < -0.39 is 10.0 Å². The van der Waals surface area contributed by atoms with Crippen molar-refractivity contribution < 1.29 is 8.42 Å². The second-order valence-electron chi connectivity index (χ2n) is 4.69. The van der Waals surface area contributed by atoms with Crippen molar-refractivity contribution in [3.8, 4) is 0 Å². The summed E-state index contributed by atoms with van der Waals surface area (Å²) in [5, 5.41) is 0. The molecular weight excluding hydrogens is 340 g/mol. The fourth-order valence-corrected chi connectivity index (χ4v) is 3.20. The van der Waals surface area contributed by atoms with Crippen molar-refractivity contribution in [1.29, 1.82) is 0 Å². The van der Waals surface area contributed by atoms with E-state index in [0.29, 0.717) is 5.82 Å². The van der Waals surface area contributed by atoms with Crippen molar-refractivity contribution >= 4 is 31.8 Å². The molecule has 0 amide bonds. The third kappa shape index (κ3) is 3.37. The topological polar surface area (TPSA) is 59.1 Å². The van der Waals surface area contributed by atoms with Gasteiger partial charge in [-0.15, -0.1) is 0 Å². The molecule has 0 spiro atoms. The molecule has 6 heteroatoms. The third-order valence-electron chi connectivity index (χ3n) is 2.78. The fourth-order valence-electron chi connectivity index (χ4n) is 1.87. The van der Waals surface area contributed by atoms with E-state index in [2.05, 4.69) is 25.6 Å². The highest BCUT2D eigenvalue weighted by molar-refractivity contribution is 9.10. The minimum absolute atomic E-state index is 0.221. The first-order valence-corrected chi connectivity index (χ1v) is 8.30. The van der Waals surface area contributed by atoms with Crippen LogP contribution in [0.4, 0.5) is 5.82 Å². The predicted octanol–water partition coefficient (Wildman–Crippen LogP) is 3.57. The van der Waals surface area contributed by atoms with E-state index in [-0.39, 0.29) is 4.90 Å². The minimum atomic E-state index is -3.62. The highest BCUT2D eigenvalue weighted by atomic mass is 79.9. The van der Waals surface area contributed by atoms with Gasteiger partial charge in [0.25, 0.3) is 10.0 Å². The monoisotopic (exact) mass is 354 g/mol. The van der Waals surface area contributed by atoms with Crippen molar-refractivity contribution in [3.63, 3.8) is 0 Å². The van der Waals surface area contributed by atoms with Gasteiger partial charge < -0.3 is 0 Å². The molecular formula is C14H15BrN2O2S. The number of pyridine rings is 1. The number of aryl methyl sites for hydroxylation is 3. The Morgan fingerprint density at radius 1 is 1.10 bits per heavy atom. The molecule has 0 unspecified atom stereocenters. The lowest BCUT2D eigenvalue weighted by Crippen LogP contribution is -2.14. The van der Waals surface area contributed by atoms with Gasteiger partial charge in [0.15, 0.2) is 0 Å². The minimum Gasteiger partial charge on any atom is -0.263 e. The molecule has 0 bridgehead atoms. The van der Waals surface area contributed by atoms with Crippen LogP contribution >= 0.6 is 15.9 Å². The molecule has 1 aromatic heterocycles. The quantitative estimate of drug-likeness (QED) is 0.916. The number of sulfonamides is 1. The molecule has 106 valence electrons. The van der Waals surface area contributed by atoms with Crippen LogP contribution in [-0.2, 0) is 10.0 Å². The maximum absolute atomic E-state index is 12.3. The van der Waals surface area contributed by atoms with E-state index in [9.17, 15) is 8.42 Å². The Labute approximate surface area is 127 Å². The van der Waals surface area contributed by atoms with Gasteiger partial charge in [0.2, 0.25) is 0 Å². The van der Waals surface area contributed by atoms with Crippen LogP contribution in [0.25, 0.3) is 0 Å². The Bertz CT molecular complexity index is 738. The standard InChI is InChI=1S/C14H15BrN2O2S/c1-9-6-11(3)16-14(7-9)17-20(18,19)12-4-5-13(15)10(2)8-12/h4-8H,1-3H3,(H,16,17). The second kappa shape index (κ2) is 5.54. The van der Waals surface area contributed by atoms with Gasteiger partial charge in [0.1, 0.15) is 5.82 Å². The van der Waals surface area contributed by atoms with Crippen LogP contribution in [0.2, 0.25) is 0 Å². The zero-order valence-electron chi connectivity index (χ0n) is 11.4. The number of hydrogen-bond acceptors (Lipinski definition) is 3. The van der Waals surface area contributed by atoms with E-state index in [1.165, 1.54) is 0 Å². The zero-order valence-corrected chi connectivity index (χ0v) is 13.8. The van der Waals surface area contributed by atoms with E-state index in [1.807, 2.05) is 26.8 Å². The maximum atomic E-state index is 12.3. The van der Waals surface area contributed by atoms with Gasteiger partial charge in [0, 0.05) is 10.2 Å². The Morgan fingerprint density at radius 3 is 2.40 bits per heavy atom. The van der Waals surface area contributed by atoms with Gasteiger partial charge in [-0.05, 0) is 62.2 Å². The molecule has 20 heavy (non-hydrogen) atoms. The molecule has 0 aliphatic rings. The van der Waals surface area contributed by atoms with Crippen molar-refractivity contribution in [1.82, 2.24) is 4.98 Å². The van der Waals surface area contributed by atoms with Gasteiger partial charge in [-0.1, -0.05) is 15.9 Å². The number of benzene rings is 1. The number of rotatable bonds is 3. The molecule has 1 aromatic carbocycles. The summed E-state index contributed by atoms with van der Waals surface area (Å²) in [6.07, 6.45) is 0. The maximum Gasteiger partial charge on any atom is 0.263 e.